The quantitative estimate of drug-likeness (QED) is 0.926. The monoisotopic (exact) mass is 265 g/mol. The van der Waals surface area contributed by atoms with Gasteiger partial charge in [-0.25, -0.2) is 4.98 Å². The zero-order valence-corrected chi connectivity index (χ0v) is 11.5. The molecule has 1 N–H and O–H groups in total. The molecular formula is C13H16ClN3O. The second kappa shape index (κ2) is 5.08. The van der Waals surface area contributed by atoms with Gasteiger partial charge in [0.05, 0.1) is 16.9 Å². The van der Waals surface area contributed by atoms with Crippen molar-refractivity contribution >= 4 is 22.5 Å². The number of nitrogens with zero attached hydrogens (tertiary/aromatic N) is 2. The van der Waals surface area contributed by atoms with Crippen LogP contribution >= 0.6 is 11.6 Å². The Morgan fingerprint density at radius 1 is 1.50 bits per heavy atom. The van der Waals surface area contributed by atoms with Crippen molar-refractivity contribution in [3.8, 4) is 0 Å². The van der Waals surface area contributed by atoms with Gasteiger partial charge in [-0.15, -0.1) is 0 Å². The van der Waals surface area contributed by atoms with Crippen molar-refractivity contribution in [3.05, 3.63) is 39.4 Å². The fourth-order valence-electron chi connectivity index (χ4n) is 2.05. The van der Waals surface area contributed by atoms with Crippen molar-refractivity contribution in [2.45, 2.75) is 19.9 Å². The largest absolute Gasteiger partial charge is 0.308 e. The molecule has 5 heteroatoms. The average Bonchev–Trinajstić information content (AvgIpc) is 2.33. The number of halogens is 1. The van der Waals surface area contributed by atoms with Crippen LogP contribution in [0, 0.1) is 0 Å². The van der Waals surface area contributed by atoms with Crippen LogP contribution in [0.5, 0.6) is 0 Å². The van der Waals surface area contributed by atoms with E-state index in [9.17, 15) is 4.79 Å². The molecule has 0 amide bonds. The fraction of sp³-hybridized carbons (Fsp3) is 0.385. The van der Waals surface area contributed by atoms with Crippen LogP contribution in [-0.2, 0) is 7.05 Å². The summed E-state index contributed by atoms with van der Waals surface area (Å²) in [5.41, 5.74) is 0.599. The van der Waals surface area contributed by atoms with Crippen LogP contribution in [0.1, 0.15) is 25.7 Å². The molecule has 0 saturated carbocycles. The highest BCUT2D eigenvalue weighted by atomic mass is 35.5. The van der Waals surface area contributed by atoms with Crippen LogP contribution in [-0.4, -0.2) is 16.1 Å². The van der Waals surface area contributed by atoms with E-state index in [-0.39, 0.29) is 11.6 Å². The number of benzene rings is 1. The van der Waals surface area contributed by atoms with E-state index in [1.165, 1.54) is 0 Å². The third-order valence-electron chi connectivity index (χ3n) is 2.97. The molecule has 0 bridgehead atoms. The van der Waals surface area contributed by atoms with Gasteiger partial charge in [-0.1, -0.05) is 18.5 Å². The number of rotatable bonds is 3. The highest BCUT2D eigenvalue weighted by Gasteiger charge is 2.13. The zero-order valence-electron chi connectivity index (χ0n) is 10.7. The molecule has 0 fully saturated rings. The first-order valence-electron chi connectivity index (χ1n) is 5.94. The van der Waals surface area contributed by atoms with Crippen LogP contribution in [0.25, 0.3) is 10.9 Å². The highest BCUT2D eigenvalue weighted by Crippen LogP contribution is 2.17. The summed E-state index contributed by atoms with van der Waals surface area (Å²) >= 11 is 5.94. The van der Waals surface area contributed by atoms with Gasteiger partial charge in [-0.2, -0.15) is 0 Å². The molecule has 0 saturated heterocycles. The van der Waals surface area contributed by atoms with Gasteiger partial charge in [-0.3, -0.25) is 9.36 Å². The Labute approximate surface area is 111 Å². The minimum atomic E-state index is -0.0450. The minimum absolute atomic E-state index is 0.0241. The molecule has 0 aliphatic carbocycles. The normalized spacial score (nSPS) is 12.9. The Morgan fingerprint density at radius 2 is 2.22 bits per heavy atom. The van der Waals surface area contributed by atoms with E-state index in [0.29, 0.717) is 15.9 Å². The fourth-order valence-corrected chi connectivity index (χ4v) is 2.21. The molecule has 96 valence electrons. The first kappa shape index (κ1) is 13.1. The summed E-state index contributed by atoms with van der Waals surface area (Å²) < 4.78 is 1.59. The highest BCUT2D eigenvalue weighted by molar-refractivity contribution is 6.31. The van der Waals surface area contributed by atoms with Crippen molar-refractivity contribution in [1.82, 2.24) is 14.9 Å². The molecule has 1 aromatic carbocycles. The number of hydrogen-bond donors (Lipinski definition) is 1. The molecular weight excluding hydrogens is 250 g/mol. The molecule has 0 radical (unpaired) electrons. The Balaban J connectivity index is 2.69. The summed E-state index contributed by atoms with van der Waals surface area (Å²) in [7, 11) is 1.74. The SMILES string of the molecule is CCNC(C)c1nc2cc(Cl)ccc2c(=O)n1C. The standard InChI is InChI=1S/C13H16ClN3O/c1-4-15-8(2)12-16-11-7-9(14)5-6-10(11)13(18)17(12)3/h5-8,15H,4H2,1-3H3. The predicted molar refractivity (Wildman–Crippen MR) is 74.1 cm³/mol. The Morgan fingerprint density at radius 3 is 2.89 bits per heavy atom. The summed E-state index contributed by atoms with van der Waals surface area (Å²) in [6.07, 6.45) is 0. The molecule has 0 aliphatic rings. The summed E-state index contributed by atoms with van der Waals surface area (Å²) in [4.78, 5) is 16.8. The van der Waals surface area contributed by atoms with Gasteiger partial charge in [0, 0.05) is 12.1 Å². The summed E-state index contributed by atoms with van der Waals surface area (Å²) in [6.45, 7) is 4.83. The Hall–Kier alpha value is -1.39. The number of nitrogens with one attached hydrogen (secondary N) is 1. The Kier molecular flexibility index (Phi) is 3.68. The van der Waals surface area contributed by atoms with Crippen LogP contribution in [0.15, 0.2) is 23.0 Å². The Bertz CT molecular complexity index is 636. The van der Waals surface area contributed by atoms with E-state index in [1.807, 2.05) is 13.8 Å². The lowest BCUT2D eigenvalue weighted by molar-refractivity contribution is 0.536. The van der Waals surface area contributed by atoms with E-state index in [4.69, 9.17) is 11.6 Å². The van der Waals surface area contributed by atoms with Crippen molar-refractivity contribution in [2.75, 3.05) is 6.54 Å². The second-order valence-electron chi connectivity index (χ2n) is 4.28. The smallest absolute Gasteiger partial charge is 0.261 e. The molecule has 4 nitrogen and oxygen atoms in total. The molecule has 1 unspecified atom stereocenters. The lowest BCUT2D eigenvalue weighted by Gasteiger charge is -2.16. The van der Waals surface area contributed by atoms with Gasteiger partial charge in [0.1, 0.15) is 5.82 Å². The average molecular weight is 266 g/mol. The maximum Gasteiger partial charge on any atom is 0.261 e. The maximum absolute atomic E-state index is 12.2. The minimum Gasteiger partial charge on any atom is -0.308 e. The van der Waals surface area contributed by atoms with E-state index in [2.05, 4.69) is 10.3 Å². The molecule has 0 aliphatic heterocycles. The predicted octanol–water partition coefficient (Wildman–Crippen LogP) is 2.26. The maximum atomic E-state index is 12.2. The van der Waals surface area contributed by atoms with Gasteiger partial charge in [0.2, 0.25) is 0 Å². The van der Waals surface area contributed by atoms with Crippen molar-refractivity contribution in [2.24, 2.45) is 7.05 Å². The van der Waals surface area contributed by atoms with Gasteiger partial charge in [0.15, 0.2) is 0 Å². The summed E-state index contributed by atoms with van der Waals surface area (Å²) in [5, 5.41) is 4.43. The zero-order chi connectivity index (χ0) is 13.3. The van der Waals surface area contributed by atoms with Gasteiger partial charge >= 0.3 is 0 Å². The first-order valence-corrected chi connectivity index (χ1v) is 6.32. The second-order valence-corrected chi connectivity index (χ2v) is 4.71. The van der Waals surface area contributed by atoms with Crippen LogP contribution in [0.2, 0.25) is 5.02 Å². The van der Waals surface area contributed by atoms with E-state index in [0.717, 1.165) is 12.4 Å². The summed E-state index contributed by atoms with van der Waals surface area (Å²) in [5.74, 6) is 0.719. The van der Waals surface area contributed by atoms with Crippen molar-refractivity contribution < 1.29 is 0 Å². The molecule has 1 atom stereocenters. The van der Waals surface area contributed by atoms with E-state index >= 15 is 0 Å². The van der Waals surface area contributed by atoms with Gasteiger partial charge < -0.3 is 5.32 Å². The number of fused-ring (bicyclic) bond motifs is 1. The summed E-state index contributed by atoms with van der Waals surface area (Å²) in [6, 6.07) is 5.17. The topological polar surface area (TPSA) is 46.9 Å². The molecule has 1 heterocycles. The lowest BCUT2D eigenvalue weighted by Crippen LogP contribution is -2.29. The molecule has 18 heavy (non-hydrogen) atoms. The first-order chi connectivity index (χ1) is 8.54. The molecule has 0 spiro atoms. The molecule has 2 aromatic rings. The van der Waals surface area contributed by atoms with Crippen LogP contribution < -0.4 is 10.9 Å². The lowest BCUT2D eigenvalue weighted by atomic mass is 10.2. The molecule has 2 rings (SSSR count). The van der Waals surface area contributed by atoms with E-state index in [1.54, 1.807) is 29.8 Å². The van der Waals surface area contributed by atoms with Crippen molar-refractivity contribution in [1.29, 1.82) is 0 Å². The van der Waals surface area contributed by atoms with Gasteiger partial charge in [-0.05, 0) is 31.7 Å². The van der Waals surface area contributed by atoms with E-state index < -0.39 is 0 Å². The van der Waals surface area contributed by atoms with Crippen LogP contribution in [0.4, 0.5) is 0 Å². The van der Waals surface area contributed by atoms with Crippen LogP contribution in [0.3, 0.4) is 0 Å². The van der Waals surface area contributed by atoms with Gasteiger partial charge in [0.25, 0.3) is 5.56 Å². The third kappa shape index (κ3) is 2.26. The molecule has 1 aromatic heterocycles. The third-order valence-corrected chi connectivity index (χ3v) is 3.21. The number of aromatic nitrogens is 2. The van der Waals surface area contributed by atoms with Crippen molar-refractivity contribution in [3.63, 3.8) is 0 Å². The number of hydrogen-bond acceptors (Lipinski definition) is 3.